The molecule has 1 saturated heterocycles. The van der Waals surface area contributed by atoms with Gasteiger partial charge in [-0.15, -0.1) is 0 Å². The van der Waals surface area contributed by atoms with Gasteiger partial charge in [0.1, 0.15) is 5.41 Å². The molecule has 6 heteroatoms. The van der Waals surface area contributed by atoms with Gasteiger partial charge in [-0.2, -0.15) is 0 Å². The zero-order valence-electron chi connectivity index (χ0n) is 13.7. The second-order valence-electron chi connectivity index (χ2n) is 6.90. The van der Waals surface area contributed by atoms with E-state index in [0.717, 1.165) is 37.3 Å². The molecule has 0 spiro atoms. The fraction of sp³-hybridized carbons (Fsp3) is 0.556. The van der Waals surface area contributed by atoms with E-state index in [1.54, 1.807) is 0 Å². The lowest BCUT2D eigenvalue weighted by Crippen LogP contribution is -2.41. The molecular weight excluding hydrogens is 306 g/mol. The zero-order chi connectivity index (χ0) is 16.6. The third kappa shape index (κ3) is 2.98. The van der Waals surface area contributed by atoms with Gasteiger partial charge in [0.2, 0.25) is 11.8 Å². The van der Waals surface area contributed by atoms with Crippen LogP contribution < -0.4 is 15.5 Å². The van der Waals surface area contributed by atoms with Crippen LogP contribution in [0.1, 0.15) is 25.7 Å². The monoisotopic (exact) mass is 329 g/mol. The minimum absolute atomic E-state index is 0.105. The number of amides is 2. The van der Waals surface area contributed by atoms with Gasteiger partial charge in [-0.25, -0.2) is 0 Å². The summed E-state index contributed by atoms with van der Waals surface area (Å²) in [5.41, 5.74) is 0.906. The van der Waals surface area contributed by atoms with E-state index >= 15 is 0 Å². The van der Waals surface area contributed by atoms with Gasteiger partial charge in [0, 0.05) is 19.1 Å². The van der Waals surface area contributed by atoms with Crippen LogP contribution >= 0.6 is 0 Å². The van der Waals surface area contributed by atoms with Crippen molar-refractivity contribution in [3.05, 3.63) is 24.3 Å². The molecule has 0 unspecified atom stereocenters. The summed E-state index contributed by atoms with van der Waals surface area (Å²) < 4.78 is 5.40. The molecule has 6 nitrogen and oxygen atoms in total. The Kier molecular flexibility index (Phi) is 3.92. The van der Waals surface area contributed by atoms with Crippen molar-refractivity contribution in [1.82, 2.24) is 5.32 Å². The molecule has 3 aliphatic rings. The van der Waals surface area contributed by atoms with Crippen molar-refractivity contribution in [2.75, 3.05) is 36.5 Å². The number of ether oxygens (including phenoxy) is 1. The normalized spacial score (nSPS) is 21.9. The van der Waals surface area contributed by atoms with Crippen LogP contribution in [0.4, 0.5) is 11.4 Å². The van der Waals surface area contributed by atoms with Crippen LogP contribution in [0.25, 0.3) is 0 Å². The van der Waals surface area contributed by atoms with Crippen LogP contribution in [0.3, 0.4) is 0 Å². The van der Waals surface area contributed by atoms with E-state index in [-0.39, 0.29) is 17.9 Å². The Bertz CT molecular complexity index is 647. The number of nitrogens with one attached hydrogen (secondary N) is 2. The molecule has 2 amide bonds. The Morgan fingerprint density at radius 3 is 2.46 bits per heavy atom. The van der Waals surface area contributed by atoms with Crippen LogP contribution in [-0.2, 0) is 14.3 Å². The number of benzene rings is 1. The van der Waals surface area contributed by atoms with Crippen molar-refractivity contribution in [2.45, 2.75) is 31.7 Å². The van der Waals surface area contributed by atoms with E-state index in [2.05, 4.69) is 15.5 Å². The number of hydrogen-bond acceptors (Lipinski definition) is 4. The van der Waals surface area contributed by atoms with E-state index < -0.39 is 5.41 Å². The maximum atomic E-state index is 12.8. The number of morpholine rings is 1. The van der Waals surface area contributed by atoms with Crippen LogP contribution in [0, 0.1) is 5.41 Å². The van der Waals surface area contributed by atoms with E-state index in [9.17, 15) is 9.59 Å². The number of para-hydroxylation sites is 2. The van der Waals surface area contributed by atoms with Crippen molar-refractivity contribution in [3.63, 3.8) is 0 Å². The highest BCUT2D eigenvalue weighted by Crippen LogP contribution is 2.47. The van der Waals surface area contributed by atoms with Gasteiger partial charge >= 0.3 is 0 Å². The maximum Gasteiger partial charge on any atom is 0.240 e. The van der Waals surface area contributed by atoms with Crippen LogP contribution in [0.5, 0.6) is 0 Å². The molecule has 0 atom stereocenters. The van der Waals surface area contributed by atoms with Crippen LogP contribution in [0.15, 0.2) is 24.3 Å². The van der Waals surface area contributed by atoms with E-state index in [1.165, 1.54) is 0 Å². The summed E-state index contributed by atoms with van der Waals surface area (Å²) in [6, 6.07) is 8.06. The SMILES string of the molecule is O=C(Nc1ccccc1N1CCOCC1)C1(C(=O)NC2CC2)CC1. The molecule has 2 saturated carbocycles. The highest BCUT2D eigenvalue weighted by molar-refractivity contribution is 6.13. The quantitative estimate of drug-likeness (QED) is 0.804. The molecule has 2 aliphatic carbocycles. The molecule has 0 aromatic heterocycles. The Labute approximate surface area is 141 Å². The fourth-order valence-electron chi connectivity index (χ4n) is 3.13. The Morgan fingerprint density at radius 1 is 1.08 bits per heavy atom. The highest BCUT2D eigenvalue weighted by Gasteiger charge is 2.57. The van der Waals surface area contributed by atoms with Crippen molar-refractivity contribution in [2.24, 2.45) is 5.41 Å². The lowest BCUT2D eigenvalue weighted by Gasteiger charge is -2.30. The summed E-state index contributed by atoms with van der Waals surface area (Å²) in [7, 11) is 0. The summed E-state index contributed by atoms with van der Waals surface area (Å²) in [5, 5.41) is 5.98. The average Bonchev–Trinajstić information content (AvgIpc) is 3.50. The topological polar surface area (TPSA) is 70.7 Å². The van der Waals surface area contributed by atoms with Gasteiger partial charge in [0.25, 0.3) is 0 Å². The summed E-state index contributed by atoms with van der Waals surface area (Å²) in [4.78, 5) is 27.4. The minimum Gasteiger partial charge on any atom is -0.378 e. The molecule has 0 bridgehead atoms. The van der Waals surface area contributed by atoms with Crippen molar-refractivity contribution in [1.29, 1.82) is 0 Å². The third-order valence-electron chi connectivity index (χ3n) is 5.04. The summed E-state index contributed by atoms with van der Waals surface area (Å²) >= 11 is 0. The molecule has 2 N–H and O–H groups in total. The summed E-state index contributed by atoms with van der Waals surface area (Å²) in [6.07, 6.45) is 3.33. The number of hydrogen-bond donors (Lipinski definition) is 2. The fourth-order valence-corrected chi connectivity index (χ4v) is 3.13. The van der Waals surface area contributed by atoms with E-state index in [0.29, 0.717) is 26.1 Å². The molecule has 3 fully saturated rings. The van der Waals surface area contributed by atoms with Crippen molar-refractivity contribution < 1.29 is 14.3 Å². The molecule has 1 aromatic carbocycles. The number of rotatable bonds is 5. The molecule has 1 aliphatic heterocycles. The second-order valence-corrected chi connectivity index (χ2v) is 6.90. The number of carbonyl (C=O) groups is 2. The average molecular weight is 329 g/mol. The lowest BCUT2D eigenvalue weighted by atomic mass is 10.0. The molecule has 0 radical (unpaired) electrons. The number of anilines is 2. The van der Waals surface area contributed by atoms with Crippen molar-refractivity contribution in [3.8, 4) is 0 Å². The number of nitrogens with zero attached hydrogens (tertiary/aromatic N) is 1. The largest absolute Gasteiger partial charge is 0.378 e. The van der Waals surface area contributed by atoms with E-state index in [4.69, 9.17) is 4.74 Å². The second kappa shape index (κ2) is 6.09. The first kappa shape index (κ1) is 15.4. The Morgan fingerprint density at radius 2 is 1.79 bits per heavy atom. The first-order valence-electron chi connectivity index (χ1n) is 8.73. The molecule has 4 rings (SSSR count). The van der Waals surface area contributed by atoms with Gasteiger partial charge in [-0.3, -0.25) is 9.59 Å². The maximum absolute atomic E-state index is 12.8. The Hall–Kier alpha value is -2.08. The molecule has 1 aromatic rings. The van der Waals surface area contributed by atoms with Crippen LogP contribution in [-0.4, -0.2) is 44.2 Å². The first-order valence-corrected chi connectivity index (χ1v) is 8.73. The predicted octanol–water partition coefficient (Wildman–Crippen LogP) is 1.52. The number of carbonyl (C=O) groups excluding carboxylic acids is 2. The van der Waals surface area contributed by atoms with Gasteiger partial charge in [-0.1, -0.05) is 12.1 Å². The van der Waals surface area contributed by atoms with E-state index in [1.807, 2.05) is 24.3 Å². The van der Waals surface area contributed by atoms with Gasteiger partial charge in [0.05, 0.1) is 24.6 Å². The summed E-state index contributed by atoms with van der Waals surface area (Å²) in [5.74, 6) is -0.285. The van der Waals surface area contributed by atoms with Crippen LogP contribution in [0.2, 0.25) is 0 Å². The molecular formula is C18H23N3O3. The lowest BCUT2D eigenvalue weighted by molar-refractivity contribution is -0.134. The molecule has 1 heterocycles. The zero-order valence-corrected chi connectivity index (χ0v) is 13.7. The highest BCUT2D eigenvalue weighted by atomic mass is 16.5. The predicted molar refractivity (Wildman–Crippen MR) is 90.9 cm³/mol. The van der Waals surface area contributed by atoms with Gasteiger partial charge in [0.15, 0.2) is 0 Å². The van der Waals surface area contributed by atoms with Gasteiger partial charge < -0.3 is 20.3 Å². The summed E-state index contributed by atoms with van der Waals surface area (Å²) in [6.45, 7) is 2.99. The van der Waals surface area contributed by atoms with Gasteiger partial charge in [-0.05, 0) is 37.8 Å². The smallest absolute Gasteiger partial charge is 0.240 e. The Balaban J connectivity index is 1.48. The van der Waals surface area contributed by atoms with Crippen molar-refractivity contribution >= 4 is 23.2 Å². The standard InChI is InChI=1S/C18H23N3O3/c22-16(19-13-5-6-13)18(7-8-18)17(23)20-14-3-1-2-4-15(14)21-9-11-24-12-10-21/h1-4,13H,5-12H2,(H,19,22)(H,20,23). The molecule has 128 valence electrons. The first-order chi connectivity index (χ1) is 11.7. The molecule has 24 heavy (non-hydrogen) atoms. The third-order valence-corrected chi connectivity index (χ3v) is 5.04. The minimum atomic E-state index is -0.860.